The van der Waals surface area contributed by atoms with Crippen LogP contribution in [0.4, 0.5) is 5.13 Å². The van der Waals surface area contributed by atoms with E-state index in [2.05, 4.69) is 36.8 Å². The summed E-state index contributed by atoms with van der Waals surface area (Å²) in [6, 6.07) is 6.29. The predicted molar refractivity (Wildman–Crippen MR) is 88.8 cm³/mol. The number of carbonyl (C=O) groups is 2. The maximum absolute atomic E-state index is 12.3. The van der Waals surface area contributed by atoms with Crippen molar-refractivity contribution >= 4 is 44.2 Å². The fourth-order valence-corrected chi connectivity index (χ4v) is 2.48. The van der Waals surface area contributed by atoms with Crippen molar-refractivity contribution in [1.82, 2.24) is 15.5 Å². The van der Waals surface area contributed by atoms with Gasteiger partial charge in [0, 0.05) is 10.0 Å². The van der Waals surface area contributed by atoms with E-state index in [-0.39, 0.29) is 17.7 Å². The highest BCUT2D eigenvalue weighted by Gasteiger charge is 2.25. The van der Waals surface area contributed by atoms with Crippen molar-refractivity contribution in [2.75, 3.05) is 5.32 Å². The van der Waals surface area contributed by atoms with Crippen LogP contribution in [0.5, 0.6) is 0 Å². The van der Waals surface area contributed by atoms with Gasteiger partial charge >= 0.3 is 0 Å². The Kier molecular flexibility index (Phi) is 5.62. The number of nitrogens with zero attached hydrogens (tertiary/aromatic N) is 2. The van der Waals surface area contributed by atoms with E-state index < -0.39 is 6.04 Å². The minimum Gasteiger partial charge on any atom is -0.340 e. The maximum Gasteiger partial charge on any atom is 0.251 e. The molecule has 8 heteroatoms. The van der Waals surface area contributed by atoms with Crippen LogP contribution < -0.4 is 10.6 Å². The smallest absolute Gasteiger partial charge is 0.251 e. The Morgan fingerprint density at radius 2 is 1.91 bits per heavy atom. The summed E-state index contributed by atoms with van der Waals surface area (Å²) in [5, 5.41) is 13.2. The first kappa shape index (κ1) is 16.6. The highest BCUT2D eigenvalue weighted by Crippen LogP contribution is 2.13. The van der Waals surface area contributed by atoms with Crippen LogP contribution in [-0.4, -0.2) is 28.1 Å². The van der Waals surface area contributed by atoms with Gasteiger partial charge in [0.05, 0.1) is 0 Å². The molecule has 1 heterocycles. The van der Waals surface area contributed by atoms with Gasteiger partial charge in [-0.3, -0.25) is 14.9 Å². The van der Waals surface area contributed by atoms with E-state index >= 15 is 0 Å². The molecule has 0 saturated heterocycles. The second-order valence-corrected chi connectivity index (χ2v) is 6.68. The number of nitrogens with one attached hydrogen (secondary N) is 2. The molecule has 1 atom stereocenters. The van der Waals surface area contributed by atoms with Gasteiger partial charge in [-0.05, 0) is 30.2 Å². The van der Waals surface area contributed by atoms with Gasteiger partial charge < -0.3 is 5.32 Å². The number of carbonyl (C=O) groups excluding carboxylic acids is 2. The average molecular weight is 383 g/mol. The molecule has 22 heavy (non-hydrogen) atoms. The molecule has 2 N–H and O–H groups in total. The van der Waals surface area contributed by atoms with Crippen molar-refractivity contribution in [1.29, 1.82) is 0 Å². The zero-order valence-electron chi connectivity index (χ0n) is 12.0. The highest BCUT2D eigenvalue weighted by molar-refractivity contribution is 9.10. The Hall–Kier alpha value is -1.80. The van der Waals surface area contributed by atoms with Gasteiger partial charge in [0.1, 0.15) is 11.6 Å². The molecule has 0 bridgehead atoms. The summed E-state index contributed by atoms with van der Waals surface area (Å²) in [7, 11) is 0. The molecule has 0 aliphatic heterocycles. The lowest BCUT2D eigenvalue weighted by molar-refractivity contribution is -0.118. The molecule has 1 aromatic heterocycles. The fraction of sp³-hybridized carbons (Fsp3) is 0.286. The van der Waals surface area contributed by atoms with Gasteiger partial charge in [0.25, 0.3) is 5.91 Å². The number of benzene rings is 1. The number of amides is 2. The second-order valence-electron chi connectivity index (χ2n) is 4.94. The van der Waals surface area contributed by atoms with E-state index in [1.54, 1.807) is 24.3 Å². The Labute approximate surface area is 140 Å². The van der Waals surface area contributed by atoms with Crippen molar-refractivity contribution in [3.8, 4) is 0 Å². The standard InChI is InChI=1S/C14H15BrN4O2S/c1-8(2)11(13(21)18-14-19-16-7-22-14)17-12(20)9-3-5-10(15)6-4-9/h3-8,11H,1-2H3,(H,17,20)(H,18,19,21). The SMILES string of the molecule is CC(C)C(NC(=O)c1ccc(Br)cc1)C(=O)Nc1nncs1. The minimum atomic E-state index is -0.653. The number of aromatic nitrogens is 2. The average Bonchev–Trinajstić information content (AvgIpc) is 2.97. The molecule has 1 aromatic carbocycles. The third-order valence-corrected chi connectivity index (χ3v) is 4.07. The molecule has 0 aliphatic rings. The summed E-state index contributed by atoms with van der Waals surface area (Å²) in [5.41, 5.74) is 2.03. The Balaban J connectivity index is 2.06. The monoisotopic (exact) mass is 382 g/mol. The summed E-state index contributed by atoms with van der Waals surface area (Å²) in [6.07, 6.45) is 0. The van der Waals surface area contributed by atoms with Crippen LogP contribution >= 0.6 is 27.3 Å². The molecular weight excluding hydrogens is 368 g/mol. The number of hydrogen-bond acceptors (Lipinski definition) is 5. The van der Waals surface area contributed by atoms with Crippen molar-refractivity contribution in [3.63, 3.8) is 0 Å². The van der Waals surface area contributed by atoms with Crippen LogP contribution in [0, 0.1) is 5.92 Å². The number of rotatable bonds is 5. The first-order chi connectivity index (χ1) is 10.5. The van der Waals surface area contributed by atoms with E-state index in [0.717, 1.165) is 4.47 Å². The first-order valence-corrected chi connectivity index (χ1v) is 8.28. The molecule has 0 fully saturated rings. The normalized spacial score (nSPS) is 12.0. The molecule has 1 unspecified atom stereocenters. The summed E-state index contributed by atoms with van der Waals surface area (Å²) in [5.74, 6) is -0.664. The summed E-state index contributed by atoms with van der Waals surface area (Å²) in [4.78, 5) is 24.5. The molecular formula is C14H15BrN4O2S. The van der Waals surface area contributed by atoms with Gasteiger partial charge in [-0.2, -0.15) is 0 Å². The van der Waals surface area contributed by atoms with Gasteiger partial charge in [0.2, 0.25) is 11.0 Å². The third kappa shape index (κ3) is 4.35. The molecule has 2 aromatic rings. The van der Waals surface area contributed by atoms with E-state index in [1.807, 2.05) is 13.8 Å². The molecule has 116 valence electrons. The van der Waals surface area contributed by atoms with E-state index in [4.69, 9.17) is 0 Å². The summed E-state index contributed by atoms with van der Waals surface area (Å²) in [6.45, 7) is 3.73. The third-order valence-electron chi connectivity index (χ3n) is 2.93. The topological polar surface area (TPSA) is 84.0 Å². The summed E-state index contributed by atoms with van der Waals surface area (Å²) >= 11 is 4.54. The first-order valence-electron chi connectivity index (χ1n) is 6.61. The Bertz CT molecular complexity index is 643. The lowest BCUT2D eigenvalue weighted by Crippen LogP contribution is -2.47. The zero-order valence-corrected chi connectivity index (χ0v) is 14.4. The zero-order chi connectivity index (χ0) is 16.1. The number of hydrogen-bond donors (Lipinski definition) is 2. The van der Waals surface area contributed by atoms with Crippen LogP contribution in [0.15, 0.2) is 34.2 Å². The van der Waals surface area contributed by atoms with Gasteiger partial charge in [0.15, 0.2) is 0 Å². The molecule has 6 nitrogen and oxygen atoms in total. The molecule has 0 spiro atoms. The van der Waals surface area contributed by atoms with Crippen molar-refractivity contribution < 1.29 is 9.59 Å². The Morgan fingerprint density at radius 3 is 2.45 bits per heavy atom. The van der Waals surface area contributed by atoms with Crippen LogP contribution in [-0.2, 0) is 4.79 Å². The summed E-state index contributed by atoms with van der Waals surface area (Å²) < 4.78 is 0.887. The molecule has 2 amide bonds. The van der Waals surface area contributed by atoms with Crippen molar-refractivity contribution in [2.45, 2.75) is 19.9 Å². The quantitative estimate of drug-likeness (QED) is 0.832. The van der Waals surface area contributed by atoms with Crippen molar-refractivity contribution in [2.24, 2.45) is 5.92 Å². The van der Waals surface area contributed by atoms with Crippen LogP contribution in [0.25, 0.3) is 0 Å². The van der Waals surface area contributed by atoms with Gasteiger partial charge in [-0.15, -0.1) is 10.2 Å². The highest BCUT2D eigenvalue weighted by atomic mass is 79.9. The molecule has 0 aliphatic carbocycles. The molecule has 0 radical (unpaired) electrons. The second kappa shape index (κ2) is 7.46. The fourth-order valence-electron chi connectivity index (χ4n) is 1.77. The largest absolute Gasteiger partial charge is 0.340 e. The van der Waals surface area contributed by atoms with E-state index in [1.165, 1.54) is 16.8 Å². The Morgan fingerprint density at radius 1 is 1.23 bits per heavy atom. The lowest BCUT2D eigenvalue weighted by Gasteiger charge is -2.21. The predicted octanol–water partition coefficient (Wildman–Crippen LogP) is 2.69. The number of halogens is 1. The van der Waals surface area contributed by atoms with E-state index in [0.29, 0.717) is 10.7 Å². The lowest BCUT2D eigenvalue weighted by atomic mass is 10.0. The molecule has 2 rings (SSSR count). The van der Waals surface area contributed by atoms with Crippen molar-refractivity contribution in [3.05, 3.63) is 39.8 Å². The van der Waals surface area contributed by atoms with E-state index in [9.17, 15) is 9.59 Å². The van der Waals surface area contributed by atoms with Crippen LogP contribution in [0.3, 0.4) is 0 Å². The maximum atomic E-state index is 12.3. The minimum absolute atomic E-state index is 0.0627. The van der Waals surface area contributed by atoms with Crippen LogP contribution in [0.1, 0.15) is 24.2 Å². The van der Waals surface area contributed by atoms with Gasteiger partial charge in [-0.25, -0.2) is 0 Å². The van der Waals surface area contributed by atoms with Gasteiger partial charge in [-0.1, -0.05) is 41.1 Å². The molecule has 0 saturated carbocycles. The van der Waals surface area contributed by atoms with Crippen LogP contribution in [0.2, 0.25) is 0 Å². The number of anilines is 1.